The Morgan fingerprint density at radius 2 is 1.87 bits per heavy atom. The molecule has 2 aromatic carbocycles. The molecule has 1 aromatic heterocycles. The Morgan fingerprint density at radius 1 is 1.10 bits per heavy atom. The van der Waals surface area contributed by atoms with Gasteiger partial charge in [-0.15, -0.1) is 0 Å². The summed E-state index contributed by atoms with van der Waals surface area (Å²) >= 11 is 0. The van der Waals surface area contributed by atoms with Gasteiger partial charge in [0.1, 0.15) is 0 Å². The molecule has 0 amide bonds. The molecular weight excluding hydrogens is 376 g/mol. The van der Waals surface area contributed by atoms with Gasteiger partial charge in [0.05, 0.1) is 0 Å². The van der Waals surface area contributed by atoms with E-state index in [0.717, 1.165) is 35.9 Å². The predicted octanol–water partition coefficient (Wildman–Crippen LogP) is 3.01. The van der Waals surface area contributed by atoms with Gasteiger partial charge in [-0.1, -0.05) is 30.3 Å². The molecule has 1 atom stereocenters. The summed E-state index contributed by atoms with van der Waals surface area (Å²) in [6.45, 7) is 2.68. The van der Waals surface area contributed by atoms with E-state index in [1.165, 1.54) is 5.56 Å². The van der Waals surface area contributed by atoms with Crippen LogP contribution >= 0.6 is 0 Å². The molecule has 2 aliphatic heterocycles. The second-order valence-corrected chi connectivity index (χ2v) is 7.90. The fourth-order valence-corrected chi connectivity index (χ4v) is 4.10. The summed E-state index contributed by atoms with van der Waals surface area (Å²) in [5.41, 5.74) is 5.06. The van der Waals surface area contributed by atoms with E-state index >= 15 is 0 Å². The SMILES string of the molecule is Cc1cc(=O)n2c(n1)NC(N1CCc3ccccc31)=N[C@@H]2c1ccc(N(C)C)cc1. The molecular formula is C23H24N6O. The lowest BCUT2D eigenvalue weighted by atomic mass is 10.1. The largest absolute Gasteiger partial charge is 0.378 e. The third-order valence-corrected chi connectivity index (χ3v) is 5.64. The Morgan fingerprint density at radius 3 is 2.63 bits per heavy atom. The number of rotatable bonds is 2. The van der Waals surface area contributed by atoms with Crippen LogP contribution in [0.4, 0.5) is 17.3 Å². The first-order valence-electron chi connectivity index (χ1n) is 10.1. The molecule has 152 valence electrons. The van der Waals surface area contributed by atoms with Crippen molar-refractivity contribution in [1.82, 2.24) is 9.55 Å². The summed E-state index contributed by atoms with van der Waals surface area (Å²) in [6.07, 6.45) is 0.494. The van der Waals surface area contributed by atoms with Crippen LogP contribution in [0.5, 0.6) is 0 Å². The summed E-state index contributed by atoms with van der Waals surface area (Å²) in [6, 6.07) is 18.1. The van der Waals surface area contributed by atoms with Crippen molar-refractivity contribution >= 4 is 23.3 Å². The van der Waals surface area contributed by atoms with Gasteiger partial charge in [0.2, 0.25) is 11.9 Å². The van der Waals surface area contributed by atoms with Crippen molar-refractivity contribution in [3.63, 3.8) is 0 Å². The van der Waals surface area contributed by atoms with E-state index < -0.39 is 6.17 Å². The van der Waals surface area contributed by atoms with Gasteiger partial charge >= 0.3 is 0 Å². The van der Waals surface area contributed by atoms with E-state index in [0.29, 0.717) is 11.6 Å². The zero-order valence-corrected chi connectivity index (χ0v) is 17.3. The number of nitrogens with one attached hydrogen (secondary N) is 1. The zero-order chi connectivity index (χ0) is 20.8. The lowest BCUT2D eigenvalue weighted by Gasteiger charge is -2.31. The maximum atomic E-state index is 12.9. The number of guanidine groups is 1. The lowest BCUT2D eigenvalue weighted by molar-refractivity contribution is 0.574. The van der Waals surface area contributed by atoms with Crippen LogP contribution in [0.1, 0.15) is 23.0 Å². The van der Waals surface area contributed by atoms with Crippen LogP contribution in [-0.4, -0.2) is 36.2 Å². The van der Waals surface area contributed by atoms with Crippen LogP contribution in [0.15, 0.2) is 64.4 Å². The first-order valence-corrected chi connectivity index (χ1v) is 10.1. The third-order valence-electron chi connectivity index (χ3n) is 5.64. The first-order chi connectivity index (χ1) is 14.5. The highest BCUT2D eigenvalue weighted by atomic mass is 16.1. The van der Waals surface area contributed by atoms with Gasteiger partial charge in [-0.25, -0.2) is 9.98 Å². The summed E-state index contributed by atoms with van der Waals surface area (Å²) < 4.78 is 1.63. The molecule has 0 unspecified atom stereocenters. The Hall–Kier alpha value is -3.61. The smallest absolute Gasteiger partial charge is 0.257 e. The number of hydrogen-bond acceptors (Lipinski definition) is 6. The molecule has 3 heterocycles. The molecule has 0 fully saturated rings. The number of hydrogen-bond donors (Lipinski definition) is 1. The van der Waals surface area contributed by atoms with E-state index in [1.54, 1.807) is 10.6 Å². The van der Waals surface area contributed by atoms with Crippen LogP contribution in [-0.2, 0) is 6.42 Å². The van der Waals surface area contributed by atoms with E-state index in [9.17, 15) is 4.79 Å². The summed E-state index contributed by atoms with van der Waals surface area (Å²) in [4.78, 5) is 26.7. The van der Waals surface area contributed by atoms with Crippen LogP contribution < -0.4 is 20.7 Å². The molecule has 7 nitrogen and oxygen atoms in total. The number of para-hydroxylation sites is 1. The molecule has 0 saturated carbocycles. The quantitative estimate of drug-likeness (QED) is 0.716. The van der Waals surface area contributed by atoms with E-state index in [4.69, 9.17) is 4.99 Å². The van der Waals surface area contributed by atoms with E-state index in [-0.39, 0.29) is 5.56 Å². The van der Waals surface area contributed by atoms with Gasteiger partial charge in [-0.3, -0.25) is 14.7 Å². The number of aliphatic imine (C=N–C) groups is 1. The summed E-state index contributed by atoms with van der Waals surface area (Å²) in [7, 11) is 4.01. The van der Waals surface area contributed by atoms with Crippen LogP contribution in [0.2, 0.25) is 0 Å². The minimum atomic E-state index is -0.471. The summed E-state index contributed by atoms with van der Waals surface area (Å²) in [5, 5.41) is 3.31. The highest BCUT2D eigenvalue weighted by Crippen LogP contribution is 2.32. The maximum absolute atomic E-state index is 12.9. The molecule has 2 aliphatic rings. The van der Waals surface area contributed by atoms with Crippen molar-refractivity contribution in [2.45, 2.75) is 19.5 Å². The topological polar surface area (TPSA) is 65.8 Å². The first kappa shape index (κ1) is 18.4. The van der Waals surface area contributed by atoms with Gasteiger partial charge in [0.25, 0.3) is 5.56 Å². The zero-order valence-electron chi connectivity index (χ0n) is 17.3. The van der Waals surface area contributed by atoms with Gasteiger partial charge in [-0.05, 0) is 42.7 Å². The molecule has 5 rings (SSSR count). The molecule has 7 heteroatoms. The molecule has 0 aliphatic carbocycles. The molecule has 0 spiro atoms. The number of fused-ring (bicyclic) bond motifs is 2. The number of benzene rings is 2. The minimum absolute atomic E-state index is 0.115. The standard InChI is InChI=1S/C23H24N6O/c1-15-14-20(30)29-21(17-8-10-18(11-9-17)27(2)3)25-22(26-23(29)24-15)28-13-12-16-6-4-5-7-19(16)28/h4-11,14,21H,12-13H2,1-3H3,(H,24,25,26)/t21-/m0/s1. The predicted molar refractivity (Wildman–Crippen MR) is 121 cm³/mol. The van der Waals surface area contributed by atoms with Crippen molar-refractivity contribution in [2.24, 2.45) is 4.99 Å². The number of anilines is 3. The maximum Gasteiger partial charge on any atom is 0.257 e. The monoisotopic (exact) mass is 400 g/mol. The number of aryl methyl sites for hydroxylation is 1. The second-order valence-electron chi connectivity index (χ2n) is 7.90. The highest BCUT2D eigenvalue weighted by molar-refractivity contribution is 6.06. The van der Waals surface area contributed by atoms with Crippen molar-refractivity contribution in [3.05, 3.63) is 81.8 Å². The van der Waals surface area contributed by atoms with Crippen LogP contribution in [0.25, 0.3) is 0 Å². The molecule has 3 aromatic rings. The van der Waals surface area contributed by atoms with E-state index in [1.807, 2.05) is 56.3 Å². The van der Waals surface area contributed by atoms with Crippen molar-refractivity contribution in [1.29, 1.82) is 0 Å². The average molecular weight is 400 g/mol. The van der Waals surface area contributed by atoms with Gasteiger partial charge in [0, 0.05) is 43.8 Å². The Bertz CT molecular complexity index is 1200. The van der Waals surface area contributed by atoms with Crippen LogP contribution in [0.3, 0.4) is 0 Å². The third kappa shape index (κ3) is 3.03. The van der Waals surface area contributed by atoms with Crippen molar-refractivity contribution < 1.29 is 0 Å². The number of aromatic nitrogens is 2. The number of nitrogens with zero attached hydrogens (tertiary/aromatic N) is 5. The normalized spacial score (nSPS) is 17.1. The molecule has 1 N–H and O–H groups in total. The van der Waals surface area contributed by atoms with Gasteiger partial charge in [0.15, 0.2) is 6.17 Å². The lowest BCUT2D eigenvalue weighted by Crippen LogP contribution is -2.43. The average Bonchev–Trinajstić information content (AvgIpc) is 3.17. The second kappa shape index (κ2) is 7.02. The van der Waals surface area contributed by atoms with Crippen molar-refractivity contribution in [2.75, 3.05) is 35.8 Å². The molecule has 0 saturated heterocycles. The molecule has 0 radical (unpaired) electrons. The van der Waals surface area contributed by atoms with Crippen LogP contribution in [0, 0.1) is 6.92 Å². The summed E-state index contributed by atoms with van der Waals surface area (Å²) in [5.74, 6) is 1.25. The fraction of sp³-hybridized carbons (Fsp3) is 0.261. The fourth-order valence-electron chi connectivity index (χ4n) is 4.10. The minimum Gasteiger partial charge on any atom is -0.378 e. The highest BCUT2D eigenvalue weighted by Gasteiger charge is 2.30. The molecule has 30 heavy (non-hydrogen) atoms. The van der Waals surface area contributed by atoms with Gasteiger partial charge < -0.3 is 9.80 Å². The van der Waals surface area contributed by atoms with E-state index in [2.05, 4.69) is 33.4 Å². The Kier molecular flexibility index (Phi) is 4.31. The van der Waals surface area contributed by atoms with Gasteiger partial charge in [-0.2, -0.15) is 0 Å². The van der Waals surface area contributed by atoms with Crippen molar-refractivity contribution in [3.8, 4) is 0 Å². The Balaban J connectivity index is 1.63. The molecule has 0 bridgehead atoms. The Labute approximate surface area is 175 Å².